The highest BCUT2D eigenvalue weighted by molar-refractivity contribution is 5.83. The van der Waals surface area contributed by atoms with Crippen LogP contribution in [0.15, 0.2) is 18.2 Å². The van der Waals surface area contributed by atoms with Crippen molar-refractivity contribution in [2.75, 3.05) is 25.1 Å². The van der Waals surface area contributed by atoms with Crippen molar-refractivity contribution in [3.63, 3.8) is 0 Å². The lowest BCUT2D eigenvalue weighted by molar-refractivity contribution is 0.133. The fraction of sp³-hybridized carbons (Fsp3) is 0.500. The number of methoxy groups -OCH3 is 1. The van der Waals surface area contributed by atoms with Crippen molar-refractivity contribution >= 4 is 11.5 Å². The minimum absolute atomic E-state index is 0.567. The van der Waals surface area contributed by atoms with Gasteiger partial charge in [0.2, 0.25) is 0 Å². The number of unbranched alkanes of at least 4 members (excludes halogenated alkanes) is 1. The van der Waals surface area contributed by atoms with Crippen molar-refractivity contribution in [1.29, 1.82) is 0 Å². The second-order valence-electron chi connectivity index (χ2n) is 8.07. The number of benzene rings is 1. The van der Waals surface area contributed by atoms with Crippen LogP contribution in [0.3, 0.4) is 0 Å². The van der Waals surface area contributed by atoms with Crippen molar-refractivity contribution in [3.8, 4) is 16.9 Å². The molecule has 160 valence electrons. The molecule has 1 aromatic carbocycles. The Morgan fingerprint density at radius 3 is 2.67 bits per heavy atom. The van der Waals surface area contributed by atoms with Crippen LogP contribution in [0, 0.1) is 13.8 Å². The summed E-state index contributed by atoms with van der Waals surface area (Å²) in [6.07, 6.45) is 3.42. The van der Waals surface area contributed by atoms with E-state index >= 15 is 0 Å². The van der Waals surface area contributed by atoms with E-state index in [0.29, 0.717) is 13.2 Å². The molecular weight excluding hydrogens is 376 g/mol. The predicted octanol–water partition coefficient (Wildman–Crippen LogP) is 5.07. The van der Waals surface area contributed by atoms with E-state index in [2.05, 4.69) is 49.2 Å². The molecule has 0 spiro atoms. The van der Waals surface area contributed by atoms with Gasteiger partial charge in [0.1, 0.15) is 11.6 Å². The Bertz CT molecular complexity index is 1060. The zero-order chi connectivity index (χ0) is 21.3. The topological polar surface area (TPSA) is 51.9 Å². The van der Waals surface area contributed by atoms with Crippen molar-refractivity contribution in [2.24, 2.45) is 0 Å². The summed E-state index contributed by atoms with van der Waals surface area (Å²) in [5.41, 5.74) is 7.54. The van der Waals surface area contributed by atoms with E-state index in [4.69, 9.17) is 19.6 Å². The summed E-state index contributed by atoms with van der Waals surface area (Å²) in [5.74, 6) is 2.02. The first kappa shape index (κ1) is 20.7. The Labute approximate surface area is 178 Å². The van der Waals surface area contributed by atoms with Crippen molar-refractivity contribution in [3.05, 3.63) is 40.7 Å². The number of anilines is 1. The average Bonchev–Trinajstić information content (AvgIpc) is 3.33. The molecule has 0 aliphatic carbocycles. The fourth-order valence-electron chi connectivity index (χ4n) is 4.36. The quantitative estimate of drug-likeness (QED) is 0.521. The van der Waals surface area contributed by atoms with Gasteiger partial charge in [0.05, 0.1) is 31.7 Å². The van der Waals surface area contributed by atoms with Crippen LogP contribution in [-0.4, -0.2) is 34.8 Å². The van der Waals surface area contributed by atoms with Gasteiger partial charge < -0.3 is 14.4 Å². The second-order valence-corrected chi connectivity index (χ2v) is 8.07. The highest BCUT2D eigenvalue weighted by Crippen LogP contribution is 2.37. The molecule has 0 radical (unpaired) electrons. The Kier molecular flexibility index (Phi) is 5.95. The minimum atomic E-state index is 0.567. The molecule has 0 fully saturated rings. The lowest BCUT2D eigenvalue weighted by Gasteiger charge is -2.26. The van der Waals surface area contributed by atoms with Crippen LogP contribution in [-0.2, 0) is 18.0 Å². The number of nitrogens with zero attached hydrogens (tertiary/aromatic N) is 4. The molecule has 1 aliphatic rings. The molecule has 3 heterocycles. The third kappa shape index (κ3) is 3.54. The maximum atomic E-state index is 5.81. The van der Waals surface area contributed by atoms with Crippen LogP contribution >= 0.6 is 0 Å². The maximum Gasteiger partial charge on any atom is 0.165 e. The predicted molar refractivity (Wildman–Crippen MR) is 120 cm³/mol. The third-order valence-electron chi connectivity index (χ3n) is 5.86. The Morgan fingerprint density at radius 1 is 1.13 bits per heavy atom. The molecule has 0 bridgehead atoms. The third-order valence-corrected chi connectivity index (χ3v) is 5.86. The zero-order valence-corrected chi connectivity index (χ0v) is 18.8. The number of fused-ring (bicyclic) bond motifs is 2. The number of rotatable bonds is 8. The molecule has 4 rings (SSSR count). The minimum Gasteiger partial charge on any atom is -0.497 e. The summed E-state index contributed by atoms with van der Waals surface area (Å²) < 4.78 is 13.3. The summed E-state index contributed by atoms with van der Waals surface area (Å²) in [5, 5.41) is 4.99. The van der Waals surface area contributed by atoms with Crippen molar-refractivity contribution < 1.29 is 9.47 Å². The SMILES string of the molecule is CCCCN(CCC)c1c2c(nc3c(-c4ccc(OC)cc4C)c(C)nn13)COC2. The van der Waals surface area contributed by atoms with E-state index in [-0.39, 0.29) is 0 Å². The molecular formula is C24H32N4O2. The highest BCUT2D eigenvalue weighted by atomic mass is 16.5. The normalized spacial score (nSPS) is 13.1. The van der Waals surface area contributed by atoms with Crippen molar-refractivity contribution in [1.82, 2.24) is 14.6 Å². The number of hydrogen-bond donors (Lipinski definition) is 0. The molecule has 0 saturated carbocycles. The van der Waals surface area contributed by atoms with Crippen LogP contribution in [0.2, 0.25) is 0 Å². The summed E-state index contributed by atoms with van der Waals surface area (Å²) in [6, 6.07) is 6.19. The van der Waals surface area contributed by atoms with Gasteiger partial charge in [-0.3, -0.25) is 0 Å². The molecule has 0 amide bonds. The van der Waals surface area contributed by atoms with E-state index in [1.54, 1.807) is 7.11 Å². The zero-order valence-electron chi connectivity index (χ0n) is 18.8. The van der Waals surface area contributed by atoms with Gasteiger partial charge in [-0.25, -0.2) is 4.98 Å². The Hall–Kier alpha value is -2.60. The largest absolute Gasteiger partial charge is 0.497 e. The Morgan fingerprint density at radius 2 is 1.97 bits per heavy atom. The number of ether oxygens (including phenoxy) is 2. The monoisotopic (exact) mass is 408 g/mol. The van der Waals surface area contributed by atoms with Crippen LogP contribution in [0.5, 0.6) is 5.75 Å². The average molecular weight is 409 g/mol. The summed E-state index contributed by atoms with van der Waals surface area (Å²) in [4.78, 5) is 7.51. The van der Waals surface area contributed by atoms with Gasteiger partial charge in [0, 0.05) is 24.2 Å². The molecule has 2 aromatic heterocycles. The van der Waals surface area contributed by atoms with Crippen LogP contribution in [0.1, 0.15) is 55.6 Å². The van der Waals surface area contributed by atoms with Gasteiger partial charge in [0.15, 0.2) is 5.65 Å². The summed E-state index contributed by atoms with van der Waals surface area (Å²) >= 11 is 0. The molecule has 0 saturated heterocycles. The lowest BCUT2D eigenvalue weighted by atomic mass is 10.0. The van der Waals surface area contributed by atoms with Gasteiger partial charge in [-0.1, -0.05) is 26.3 Å². The van der Waals surface area contributed by atoms with Crippen molar-refractivity contribution in [2.45, 2.75) is 60.2 Å². The van der Waals surface area contributed by atoms with Crippen LogP contribution in [0.4, 0.5) is 5.82 Å². The number of aromatic nitrogens is 3. The molecule has 0 atom stereocenters. The van der Waals surface area contributed by atoms with E-state index in [9.17, 15) is 0 Å². The standard InChI is InChI=1S/C24H32N4O2/c1-6-8-12-27(11-7-2)24-20-14-30-15-21(20)25-23-22(17(4)26-28(23)24)19-10-9-18(29-5)13-16(19)3/h9-10,13H,6-8,11-12,14-15H2,1-5H3. The molecule has 6 nitrogen and oxygen atoms in total. The summed E-state index contributed by atoms with van der Waals surface area (Å²) in [7, 11) is 1.70. The molecule has 6 heteroatoms. The molecule has 3 aromatic rings. The molecule has 1 aliphatic heterocycles. The second kappa shape index (κ2) is 8.64. The van der Waals surface area contributed by atoms with E-state index < -0.39 is 0 Å². The first-order chi connectivity index (χ1) is 14.6. The van der Waals surface area contributed by atoms with Gasteiger partial charge in [0.25, 0.3) is 0 Å². The first-order valence-electron chi connectivity index (χ1n) is 11.0. The maximum absolute atomic E-state index is 5.81. The highest BCUT2D eigenvalue weighted by Gasteiger charge is 2.27. The lowest BCUT2D eigenvalue weighted by Crippen LogP contribution is -2.29. The van der Waals surface area contributed by atoms with E-state index in [1.807, 2.05) is 6.07 Å². The van der Waals surface area contributed by atoms with Gasteiger partial charge in [-0.15, -0.1) is 0 Å². The van der Waals surface area contributed by atoms with Gasteiger partial charge in [-0.2, -0.15) is 9.61 Å². The van der Waals surface area contributed by atoms with Crippen LogP contribution in [0.25, 0.3) is 16.8 Å². The van der Waals surface area contributed by atoms with Gasteiger partial charge >= 0.3 is 0 Å². The number of hydrogen-bond acceptors (Lipinski definition) is 5. The Balaban J connectivity index is 1.95. The molecule has 30 heavy (non-hydrogen) atoms. The first-order valence-corrected chi connectivity index (χ1v) is 11.0. The summed E-state index contributed by atoms with van der Waals surface area (Å²) in [6.45, 7) is 11.9. The molecule has 0 N–H and O–H groups in total. The fourth-order valence-corrected chi connectivity index (χ4v) is 4.36. The van der Waals surface area contributed by atoms with Gasteiger partial charge in [-0.05, 0) is 49.9 Å². The van der Waals surface area contributed by atoms with E-state index in [0.717, 1.165) is 71.2 Å². The van der Waals surface area contributed by atoms with Crippen LogP contribution < -0.4 is 9.64 Å². The molecule has 0 unspecified atom stereocenters. The number of aryl methyl sites for hydroxylation is 2. The van der Waals surface area contributed by atoms with E-state index in [1.165, 1.54) is 12.0 Å². The smallest absolute Gasteiger partial charge is 0.165 e.